The van der Waals surface area contributed by atoms with Crippen molar-refractivity contribution in [3.8, 4) is 11.4 Å². The molecule has 7 rings (SSSR count). The van der Waals surface area contributed by atoms with Crippen molar-refractivity contribution in [1.29, 1.82) is 0 Å². The molecule has 0 spiro atoms. The molecule has 0 aliphatic carbocycles. The van der Waals surface area contributed by atoms with E-state index in [1.165, 1.54) is 12.3 Å². The molecule has 11 heteroatoms. The van der Waals surface area contributed by atoms with Crippen molar-refractivity contribution in [2.24, 2.45) is 0 Å². The molecular formula is C35H37FN8O2. The number of aromatic nitrogens is 5. The number of para-hydroxylation sites is 3. The molecule has 0 saturated carbocycles. The first kappa shape index (κ1) is 29.8. The molecule has 236 valence electrons. The summed E-state index contributed by atoms with van der Waals surface area (Å²) in [5.74, 6) is 0.402. The van der Waals surface area contributed by atoms with Gasteiger partial charge in [0.1, 0.15) is 12.0 Å². The van der Waals surface area contributed by atoms with Crippen molar-refractivity contribution in [2.75, 3.05) is 44.6 Å². The molecule has 0 radical (unpaired) electrons. The van der Waals surface area contributed by atoms with E-state index in [2.05, 4.69) is 33.9 Å². The van der Waals surface area contributed by atoms with E-state index in [9.17, 15) is 4.79 Å². The molecule has 1 fully saturated rings. The maximum Gasteiger partial charge on any atom is 0.270 e. The minimum atomic E-state index is -0.477. The molecular weight excluding hydrogens is 583 g/mol. The van der Waals surface area contributed by atoms with Crippen LogP contribution in [-0.2, 0) is 0 Å². The van der Waals surface area contributed by atoms with E-state index in [-0.39, 0.29) is 17.3 Å². The van der Waals surface area contributed by atoms with Crippen LogP contribution in [-0.4, -0.2) is 79.1 Å². The highest BCUT2D eigenvalue weighted by Crippen LogP contribution is 2.27. The summed E-state index contributed by atoms with van der Waals surface area (Å²) in [7, 11) is 0. The highest BCUT2D eigenvalue weighted by molar-refractivity contribution is 5.88. The number of hydrogen-bond acceptors (Lipinski definition) is 8. The number of piperazine rings is 1. The van der Waals surface area contributed by atoms with Gasteiger partial charge < -0.3 is 10.1 Å². The Balaban J connectivity index is 1.17. The average Bonchev–Trinajstić information content (AvgIpc) is 3.43. The maximum absolute atomic E-state index is 15.1. The van der Waals surface area contributed by atoms with Crippen molar-refractivity contribution in [1.82, 2.24) is 33.7 Å². The van der Waals surface area contributed by atoms with Crippen molar-refractivity contribution in [3.63, 3.8) is 0 Å². The van der Waals surface area contributed by atoms with Crippen LogP contribution in [0.4, 0.5) is 16.0 Å². The Morgan fingerprint density at radius 3 is 2.46 bits per heavy atom. The average molecular weight is 621 g/mol. The smallest absolute Gasteiger partial charge is 0.270 e. The lowest BCUT2D eigenvalue weighted by Crippen LogP contribution is -2.49. The second-order valence-corrected chi connectivity index (χ2v) is 12.1. The maximum atomic E-state index is 15.1. The normalized spacial score (nSPS) is 14.6. The molecule has 0 amide bonds. The van der Waals surface area contributed by atoms with E-state index in [4.69, 9.17) is 14.7 Å². The topological polar surface area (TPSA) is 92.8 Å². The van der Waals surface area contributed by atoms with Gasteiger partial charge in [-0.3, -0.25) is 19.0 Å². The van der Waals surface area contributed by atoms with Crippen LogP contribution < -0.4 is 15.6 Å². The molecule has 6 aromatic rings. The Labute approximate surface area is 266 Å². The van der Waals surface area contributed by atoms with E-state index >= 15 is 4.39 Å². The summed E-state index contributed by atoms with van der Waals surface area (Å²) in [5.41, 5.74) is 4.83. The third-order valence-electron chi connectivity index (χ3n) is 8.81. The zero-order valence-corrected chi connectivity index (χ0v) is 26.5. The number of imidazole rings is 1. The zero-order valence-electron chi connectivity index (χ0n) is 26.5. The summed E-state index contributed by atoms with van der Waals surface area (Å²) in [6.45, 7) is 13.6. The van der Waals surface area contributed by atoms with Gasteiger partial charge in [-0.2, -0.15) is 4.98 Å². The van der Waals surface area contributed by atoms with E-state index in [1.54, 1.807) is 16.7 Å². The van der Waals surface area contributed by atoms with Crippen LogP contribution in [0.2, 0.25) is 0 Å². The Morgan fingerprint density at radius 2 is 1.72 bits per heavy atom. The molecule has 3 aromatic heterocycles. The standard InChI is InChI=1S/C35H37FN8O2/c1-22(2)42-16-14-41(15-17-42)18-19-46-30-13-12-25(20-27(30)36)38-34-37-21-26-32(40-34)43-29-11-6-5-10-28(29)39-35(43)44(33(26)45)31-23(3)8-7-9-24(31)4/h5-13,20-22H,14-19H2,1-4H3,(H,37,38,40). The summed E-state index contributed by atoms with van der Waals surface area (Å²) in [6, 6.07) is 18.9. The molecule has 0 bridgehead atoms. The Morgan fingerprint density at radius 1 is 0.957 bits per heavy atom. The number of anilines is 2. The summed E-state index contributed by atoms with van der Waals surface area (Å²) in [4.78, 5) is 32.9. The molecule has 4 heterocycles. The van der Waals surface area contributed by atoms with Gasteiger partial charge in [0.2, 0.25) is 11.7 Å². The number of nitrogens with zero attached hydrogens (tertiary/aromatic N) is 7. The van der Waals surface area contributed by atoms with Gasteiger partial charge in [-0.05, 0) is 63.1 Å². The van der Waals surface area contributed by atoms with Crippen LogP contribution in [0.3, 0.4) is 0 Å². The Bertz CT molecular complexity index is 2110. The quantitative estimate of drug-likeness (QED) is 0.239. The van der Waals surface area contributed by atoms with Crippen LogP contribution in [0.15, 0.2) is 71.7 Å². The fraction of sp³-hybridized carbons (Fsp3) is 0.314. The lowest BCUT2D eigenvalue weighted by atomic mass is 10.1. The molecule has 0 atom stereocenters. The van der Waals surface area contributed by atoms with E-state index < -0.39 is 5.82 Å². The van der Waals surface area contributed by atoms with Crippen molar-refractivity contribution < 1.29 is 9.13 Å². The van der Waals surface area contributed by atoms with Gasteiger partial charge in [0.25, 0.3) is 5.56 Å². The van der Waals surface area contributed by atoms with Gasteiger partial charge >= 0.3 is 0 Å². The number of benzene rings is 3. The lowest BCUT2D eigenvalue weighted by molar-refractivity contribution is 0.0965. The van der Waals surface area contributed by atoms with Gasteiger partial charge in [0.15, 0.2) is 17.2 Å². The first-order valence-electron chi connectivity index (χ1n) is 15.7. The first-order valence-corrected chi connectivity index (χ1v) is 15.7. The largest absolute Gasteiger partial charge is 0.489 e. The van der Waals surface area contributed by atoms with E-state index in [0.29, 0.717) is 35.1 Å². The van der Waals surface area contributed by atoms with Crippen molar-refractivity contribution in [2.45, 2.75) is 33.7 Å². The van der Waals surface area contributed by atoms with Crippen LogP contribution in [0, 0.1) is 19.7 Å². The molecule has 1 N–H and O–H groups in total. The molecule has 1 saturated heterocycles. The second kappa shape index (κ2) is 12.1. The number of ether oxygens (including phenoxy) is 1. The van der Waals surface area contributed by atoms with Gasteiger partial charge in [0.05, 0.1) is 16.7 Å². The summed E-state index contributed by atoms with van der Waals surface area (Å²) < 4.78 is 24.4. The third kappa shape index (κ3) is 5.45. The van der Waals surface area contributed by atoms with Crippen molar-refractivity contribution in [3.05, 3.63) is 94.2 Å². The number of hydrogen-bond donors (Lipinski definition) is 1. The SMILES string of the molecule is Cc1cccc(C)c1-n1c(=O)c2cnc(Nc3ccc(OCCN4CCN(C(C)C)CC4)c(F)c3)nc2n2c3ccccc3nc12. The highest BCUT2D eigenvalue weighted by Gasteiger charge is 2.21. The molecule has 3 aromatic carbocycles. The lowest BCUT2D eigenvalue weighted by Gasteiger charge is -2.36. The molecule has 1 aliphatic rings. The number of fused-ring (bicyclic) bond motifs is 5. The van der Waals surface area contributed by atoms with E-state index in [1.807, 2.05) is 60.7 Å². The number of rotatable bonds is 8. The first-order chi connectivity index (χ1) is 22.3. The zero-order chi connectivity index (χ0) is 31.9. The van der Waals surface area contributed by atoms with Gasteiger partial charge in [-0.15, -0.1) is 0 Å². The monoisotopic (exact) mass is 620 g/mol. The minimum Gasteiger partial charge on any atom is -0.489 e. The summed E-state index contributed by atoms with van der Waals surface area (Å²) in [5, 5.41) is 3.44. The summed E-state index contributed by atoms with van der Waals surface area (Å²) >= 11 is 0. The third-order valence-corrected chi connectivity index (χ3v) is 8.81. The van der Waals surface area contributed by atoms with Crippen molar-refractivity contribution >= 4 is 39.5 Å². The van der Waals surface area contributed by atoms with Crippen LogP contribution in [0.5, 0.6) is 5.75 Å². The fourth-order valence-electron chi connectivity index (χ4n) is 6.31. The Kier molecular flexibility index (Phi) is 7.87. The van der Waals surface area contributed by atoms with Gasteiger partial charge in [-0.1, -0.05) is 30.3 Å². The number of nitrogens with one attached hydrogen (secondary N) is 1. The predicted molar refractivity (Wildman–Crippen MR) is 179 cm³/mol. The minimum absolute atomic E-state index is 0.199. The van der Waals surface area contributed by atoms with Crippen LogP contribution in [0.1, 0.15) is 25.0 Å². The fourth-order valence-corrected chi connectivity index (χ4v) is 6.31. The predicted octanol–water partition coefficient (Wildman–Crippen LogP) is 5.49. The molecule has 10 nitrogen and oxygen atoms in total. The Hall–Kier alpha value is -4.87. The highest BCUT2D eigenvalue weighted by atomic mass is 19.1. The summed E-state index contributed by atoms with van der Waals surface area (Å²) in [6.07, 6.45) is 1.51. The number of halogens is 1. The van der Waals surface area contributed by atoms with Crippen LogP contribution >= 0.6 is 0 Å². The second-order valence-electron chi connectivity index (χ2n) is 12.1. The molecule has 1 aliphatic heterocycles. The van der Waals surface area contributed by atoms with Gasteiger partial charge in [-0.25, -0.2) is 18.9 Å². The molecule has 46 heavy (non-hydrogen) atoms. The molecule has 0 unspecified atom stereocenters. The number of aryl methyl sites for hydroxylation is 2. The van der Waals surface area contributed by atoms with Gasteiger partial charge in [0, 0.05) is 56.7 Å². The van der Waals surface area contributed by atoms with Crippen LogP contribution in [0.25, 0.3) is 33.5 Å². The van der Waals surface area contributed by atoms with E-state index in [0.717, 1.165) is 60.6 Å².